The van der Waals surface area contributed by atoms with Crippen LogP contribution in [0.5, 0.6) is 0 Å². The first-order valence-corrected chi connectivity index (χ1v) is 15.7. The third-order valence-electron chi connectivity index (χ3n) is 5.07. The molecule has 0 unspecified atom stereocenters. The summed E-state index contributed by atoms with van der Waals surface area (Å²) in [5.41, 5.74) is 8.08. The van der Waals surface area contributed by atoms with Crippen molar-refractivity contribution in [2.45, 2.75) is 26.7 Å². The second-order valence-electron chi connectivity index (χ2n) is 7.18. The van der Waals surface area contributed by atoms with E-state index >= 15 is 0 Å². The fraction of sp³-hybridized carbons (Fsp3) is 0.160. The van der Waals surface area contributed by atoms with E-state index in [1.54, 1.807) is 0 Å². The summed E-state index contributed by atoms with van der Waals surface area (Å²) >= 11 is -0.826. The summed E-state index contributed by atoms with van der Waals surface area (Å²) in [4.78, 5) is 0. The van der Waals surface area contributed by atoms with Crippen LogP contribution in [0.4, 0.5) is 0 Å². The zero-order valence-corrected chi connectivity index (χ0v) is 20.3. The molecule has 0 aliphatic heterocycles. The molecule has 28 heavy (non-hydrogen) atoms. The number of hydrogen-bond donors (Lipinski definition) is 0. The SMILES string of the molecule is Cc1ccccc1-c1c(C(C)C)ccc2[cH-]c(-c3ccccc3)cc12.[Cl][Zr][Cl]. The van der Waals surface area contributed by atoms with E-state index in [2.05, 4.69) is 99.6 Å². The van der Waals surface area contributed by atoms with Gasteiger partial charge in [-0.3, -0.25) is 0 Å². The first kappa shape index (κ1) is 21.4. The summed E-state index contributed by atoms with van der Waals surface area (Å²) in [6, 6.07) is 28.6. The molecule has 0 spiro atoms. The number of hydrogen-bond acceptors (Lipinski definition) is 0. The van der Waals surface area contributed by atoms with Crippen molar-refractivity contribution >= 4 is 27.8 Å². The first-order chi connectivity index (χ1) is 13.6. The van der Waals surface area contributed by atoms with Crippen molar-refractivity contribution in [1.29, 1.82) is 0 Å². The van der Waals surface area contributed by atoms with Crippen molar-refractivity contribution in [3.63, 3.8) is 0 Å². The third-order valence-corrected chi connectivity index (χ3v) is 5.07. The van der Waals surface area contributed by atoms with Crippen molar-refractivity contribution in [3.8, 4) is 22.3 Å². The number of halogens is 2. The molecular formula is C25H23Cl2Zr-. The minimum absolute atomic E-state index is 0.495. The van der Waals surface area contributed by atoms with Gasteiger partial charge in [-0.25, -0.2) is 0 Å². The van der Waals surface area contributed by atoms with Gasteiger partial charge in [-0.15, -0.1) is 34.5 Å². The number of fused-ring (bicyclic) bond motifs is 1. The summed E-state index contributed by atoms with van der Waals surface area (Å²) in [5.74, 6) is 0.495. The van der Waals surface area contributed by atoms with Gasteiger partial charge in [0, 0.05) is 0 Å². The predicted octanol–water partition coefficient (Wildman–Crippen LogP) is 8.70. The van der Waals surface area contributed by atoms with E-state index in [0.29, 0.717) is 5.92 Å². The zero-order chi connectivity index (χ0) is 20.1. The molecule has 142 valence electrons. The van der Waals surface area contributed by atoms with Crippen LogP contribution in [-0.2, 0) is 20.8 Å². The summed E-state index contributed by atoms with van der Waals surface area (Å²) in [5, 5.41) is 2.68. The summed E-state index contributed by atoms with van der Waals surface area (Å²) in [7, 11) is 9.87. The van der Waals surface area contributed by atoms with Gasteiger partial charge in [-0.05, 0) is 29.5 Å². The van der Waals surface area contributed by atoms with Crippen molar-refractivity contribution in [1.82, 2.24) is 0 Å². The molecule has 0 aromatic heterocycles. The van der Waals surface area contributed by atoms with Gasteiger partial charge in [-0.1, -0.05) is 85.6 Å². The molecule has 0 heterocycles. The molecule has 4 aromatic carbocycles. The Morgan fingerprint density at radius 1 is 0.857 bits per heavy atom. The molecule has 0 fully saturated rings. The normalized spacial score (nSPS) is 10.6. The maximum atomic E-state index is 4.93. The maximum absolute atomic E-state index is 4.93. The Hall–Kier alpha value is -1.27. The van der Waals surface area contributed by atoms with Crippen molar-refractivity contribution < 1.29 is 20.8 Å². The van der Waals surface area contributed by atoms with Crippen LogP contribution in [-0.4, -0.2) is 0 Å². The average molecular weight is 486 g/mol. The fourth-order valence-electron chi connectivity index (χ4n) is 3.73. The van der Waals surface area contributed by atoms with Crippen molar-refractivity contribution in [2.24, 2.45) is 0 Å². The Morgan fingerprint density at radius 2 is 1.50 bits per heavy atom. The van der Waals surface area contributed by atoms with E-state index in [1.165, 1.54) is 44.2 Å². The van der Waals surface area contributed by atoms with Crippen LogP contribution >= 0.6 is 17.0 Å². The molecular weight excluding hydrogens is 462 g/mol. The molecule has 3 heteroatoms. The van der Waals surface area contributed by atoms with E-state index in [1.807, 2.05) is 0 Å². The number of aryl methyl sites for hydroxylation is 1. The van der Waals surface area contributed by atoms with Crippen LogP contribution in [0.2, 0.25) is 0 Å². The second-order valence-corrected chi connectivity index (χ2v) is 10.9. The van der Waals surface area contributed by atoms with Crippen LogP contribution in [0.1, 0.15) is 30.9 Å². The molecule has 0 N–H and O–H groups in total. The first-order valence-electron chi connectivity index (χ1n) is 9.37. The van der Waals surface area contributed by atoms with Crippen molar-refractivity contribution in [2.75, 3.05) is 0 Å². The van der Waals surface area contributed by atoms with E-state index in [0.717, 1.165) is 0 Å². The standard InChI is InChI=1S/C25H23.2ClH.Zr/c1-17(2)22-14-13-20-15-21(19-10-5-4-6-11-19)16-24(20)25(22)23-12-8-7-9-18(23)3;;;/h4-17H,1-3H3;2*1H;/q-1;;;+2/p-2. The summed E-state index contributed by atoms with van der Waals surface area (Å²) < 4.78 is 0. The Labute approximate surface area is 186 Å². The predicted molar refractivity (Wildman–Crippen MR) is 121 cm³/mol. The minimum atomic E-state index is -0.826. The summed E-state index contributed by atoms with van der Waals surface area (Å²) in [6.07, 6.45) is 0. The van der Waals surface area contributed by atoms with Gasteiger partial charge < -0.3 is 0 Å². The topological polar surface area (TPSA) is 0 Å². The van der Waals surface area contributed by atoms with Crippen LogP contribution in [0.15, 0.2) is 78.9 Å². The Morgan fingerprint density at radius 3 is 2.14 bits per heavy atom. The van der Waals surface area contributed by atoms with Crippen LogP contribution < -0.4 is 0 Å². The fourth-order valence-corrected chi connectivity index (χ4v) is 3.73. The second kappa shape index (κ2) is 9.97. The van der Waals surface area contributed by atoms with Crippen LogP contribution in [0.25, 0.3) is 33.0 Å². The van der Waals surface area contributed by atoms with E-state index in [4.69, 9.17) is 17.0 Å². The number of rotatable bonds is 3. The van der Waals surface area contributed by atoms with E-state index < -0.39 is 20.8 Å². The van der Waals surface area contributed by atoms with Gasteiger partial charge in [-0.2, -0.15) is 0 Å². The van der Waals surface area contributed by atoms with Crippen molar-refractivity contribution in [3.05, 3.63) is 90.0 Å². The average Bonchev–Trinajstić information content (AvgIpc) is 3.13. The Bertz CT molecular complexity index is 1050. The summed E-state index contributed by atoms with van der Waals surface area (Å²) in [6.45, 7) is 6.77. The molecule has 4 aromatic rings. The van der Waals surface area contributed by atoms with Gasteiger partial charge in [0.15, 0.2) is 0 Å². The number of benzene rings is 3. The molecule has 4 rings (SSSR count). The van der Waals surface area contributed by atoms with Gasteiger partial charge >= 0.3 is 37.9 Å². The van der Waals surface area contributed by atoms with Gasteiger partial charge in [0.1, 0.15) is 0 Å². The molecule has 0 atom stereocenters. The molecule has 0 radical (unpaired) electrons. The molecule has 0 saturated carbocycles. The van der Waals surface area contributed by atoms with Crippen LogP contribution in [0.3, 0.4) is 0 Å². The van der Waals surface area contributed by atoms with E-state index in [9.17, 15) is 0 Å². The third kappa shape index (κ3) is 4.65. The molecule has 0 aliphatic rings. The van der Waals surface area contributed by atoms with Gasteiger partial charge in [0.25, 0.3) is 0 Å². The monoisotopic (exact) mass is 483 g/mol. The quantitative estimate of drug-likeness (QED) is 0.255. The Balaban J connectivity index is 0.000000706. The Kier molecular flexibility index (Phi) is 7.64. The zero-order valence-electron chi connectivity index (χ0n) is 16.3. The molecule has 0 amide bonds. The van der Waals surface area contributed by atoms with E-state index in [-0.39, 0.29) is 0 Å². The molecule has 0 bridgehead atoms. The molecule has 0 saturated heterocycles. The molecule has 0 nitrogen and oxygen atoms in total. The van der Waals surface area contributed by atoms with Gasteiger partial charge in [0.05, 0.1) is 0 Å². The molecule has 0 aliphatic carbocycles. The van der Waals surface area contributed by atoms with Gasteiger partial charge in [0.2, 0.25) is 0 Å². The van der Waals surface area contributed by atoms with Crippen LogP contribution in [0, 0.1) is 6.92 Å².